The third-order valence-electron chi connectivity index (χ3n) is 9.90. The van der Waals surface area contributed by atoms with Gasteiger partial charge in [0.05, 0.1) is 38.3 Å². The van der Waals surface area contributed by atoms with E-state index >= 15 is 0 Å². The van der Waals surface area contributed by atoms with Crippen LogP contribution in [0.2, 0.25) is 0 Å². The van der Waals surface area contributed by atoms with Crippen LogP contribution in [0.3, 0.4) is 0 Å². The van der Waals surface area contributed by atoms with Gasteiger partial charge in [0.15, 0.2) is 0 Å². The van der Waals surface area contributed by atoms with E-state index in [9.17, 15) is 67.7 Å². The molecule has 69 heavy (non-hydrogen) atoms. The quantitative estimate of drug-likeness (QED) is 0.0587. The van der Waals surface area contributed by atoms with Crippen LogP contribution in [0.1, 0.15) is 44.6 Å². The number of ether oxygens (including phenoxy) is 1. The number of fused-ring (bicyclic) bond motifs is 5. The van der Waals surface area contributed by atoms with Crippen LogP contribution in [-0.2, 0) is 68.7 Å². The van der Waals surface area contributed by atoms with Gasteiger partial charge in [0.2, 0.25) is 59.1 Å². The smallest absolute Gasteiger partial charge is 0.305 e. The molecular formula is C41H58N10O15S3. The van der Waals surface area contributed by atoms with Crippen LogP contribution >= 0.6 is 33.3 Å². The zero-order valence-corrected chi connectivity index (χ0v) is 40.2. The van der Waals surface area contributed by atoms with Gasteiger partial charge in [0.1, 0.15) is 42.3 Å². The number of hydrogen-bond donors (Lipinski definition) is 12. The van der Waals surface area contributed by atoms with Gasteiger partial charge in [-0.15, -0.1) is 11.8 Å². The Kier molecular flexibility index (Phi) is 25.2. The van der Waals surface area contributed by atoms with Crippen molar-refractivity contribution >= 4 is 104 Å². The minimum absolute atomic E-state index is 0.0600. The van der Waals surface area contributed by atoms with Crippen molar-refractivity contribution in [2.75, 3.05) is 56.4 Å². The van der Waals surface area contributed by atoms with Gasteiger partial charge in [-0.3, -0.25) is 57.5 Å². The Balaban J connectivity index is 2.15. The highest BCUT2D eigenvalue weighted by Gasteiger charge is 2.35. The van der Waals surface area contributed by atoms with E-state index in [1.165, 1.54) is 7.11 Å². The van der Waals surface area contributed by atoms with Gasteiger partial charge in [-0.05, 0) is 12.0 Å². The highest BCUT2D eigenvalue weighted by atomic mass is 33.1. The Labute approximate surface area is 408 Å². The number of nitrogens with one attached hydrogen (secondary N) is 10. The molecule has 0 spiro atoms. The van der Waals surface area contributed by atoms with E-state index in [4.69, 9.17) is 4.74 Å². The molecule has 2 aliphatic rings. The number of carbonyl (C=O) groups excluding carboxylic acids is 10. The number of carbonyl (C=O) groups is 12. The average molecular weight is 1030 g/mol. The molecule has 0 radical (unpaired) electrons. The normalized spacial score (nSPS) is 24.1. The van der Waals surface area contributed by atoms with E-state index in [1.54, 1.807) is 30.3 Å². The second kappa shape index (κ2) is 30.4. The molecule has 25 nitrogen and oxygen atoms in total. The van der Waals surface area contributed by atoms with Gasteiger partial charge in [-0.1, -0.05) is 71.7 Å². The number of benzene rings is 1. The fourth-order valence-electron chi connectivity index (χ4n) is 6.33. The first-order valence-corrected chi connectivity index (χ1v) is 25.3. The number of carboxylic acid groups (broad SMARTS) is 2. The number of rotatable bonds is 15. The maximum atomic E-state index is 14.3. The maximum Gasteiger partial charge on any atom is 0.305 e. The average Bonchev–Trinajstić information content (AvgIpc) is 3.30. The Hall–Kier alpha value is -6.13. The Morgan fingerprint density at radius 2 is 1.23 bits per heavy atom. The molecule has 380 valence electrons. The summed E-state index contributed by atoms with van der Waals surface area (Å²) in [6.45, 7) is 0.784. The summed E-state index contributed by atoms with van der Waals surface area (Å²) in [6, 6.07) is -2.59. The molecule has 2 fully saturated rings. The van der Waals surface area contributed by atoms with Crippen molar-refractivity contribution in [1.29, 1.82) is 0 Å². The molecule has 7 atom stereocenters. The first-order chi connectivity index (χ1) is 32.9. The second-order valence-electron chi connectivity index (χ2n) is 15.4. The van der Waals surface area contributed by atoms with Gasteiger partial charge in [-0.25, -0.2) is 0 Å². The van der Waals surface area contributed by atoms with Crippen LogP contribution in [0.15, 0.2) is 30.3 Å². The fraction of sp³-hybridized carbons (Fsp3) is 0.561. The van der Waals surface area contributed by atoms with Crippen LogP contribution in [0.5, 0.6) is 0 Å². The first kappa shape index (κ1) is 57.2. The number of unbranched alkanes of at least 4 members (excludes halogenated alkanes) is 1. The molecule has 10 amide bonds. The van der Waals surface area contributed by atoms with Gasteiger partial charge in [-0.2, -0.15) is 0 Å². The third kappa shape index (κ3) is 21.4. The Morgan fingerprint density at radius 3 is 1.80 bits per heavy atom. The summed E-state index contributed by atoms with van der Waals surface area (Å²) in [4.78, 5) is 160. The molecular weight excluding hydrogens is 969 g/mol. The van der Waals surface area contributed by atoms with E-state index in [0.717, 1.165) is 33.3 Å². The number of amides is 10. The lowest BCUT2D eigenvalue weighted by Gasteiger charge is -2.27. The number of methoxy groups -OCH3 is 1. The summed E-state index contributed by atoms with van der Waals surface area (Å²) < 4.78 is 4.90. The fourth-order valence-corrected chi connectivity index (χ4v) is 9.52. The van der Waals surface area contributed by atoms with Crippen molar-refractivity contribution in [2.24, 2.45) is 0 Å². The number of thioether (sulfide) groups is 1. The van der Waals surface area contributed by atoms with Crippen molar-refractivity contribution < 1.29 is 72.5 Å². The van der Waals surface area contributed by atoms with E-state index < -0.39 is 145 Å². The molecule has 1 aromatic carbocycles. The van der Waals surface area contributed by atoms with Crippen LogP contribution in [-0.4, -0.2) is 180 Å². The molecule has 2 saturated heterocycles. The van der Waals surface area contributed by atoms with Gasteiger partial charge >= 0.3 is 11.9 Å². The molecule has 0 aliphatic carbocycles. The summed E-state index contributed by atoms with van der Waals surface area (Å²) in [5.74, 6) is -13.9. The molecule has 12 N–H and O–H groups in total. The molecule has 2 heterocycles. The minimum Gasteiger partial charge on any atom is -0.481 e. The zero-order valence-electron chi connectivity index (χ0n) is 37.8. The monoisotopic (exact) mass is 1030 g/mol. The molecule has 28 heteroatoms. The SMILES string of the molecule is CCCCC1NC(=O)C2CSSCC(NC(=O)C(CC(=O)O)NC(=O)CNC1=O)C(=O)NC(Cc1ccccc1)C(=O)NC(C(=O)NCC(=O)NCCOC)CSCC(=O)NC(CC(=O)O)C(=O)N2. The molecule has 1 aromatic rings. The largest absolute Gasteiger partial charge is 0.481 e. The van der Waals surface area contributed by atoms with E-state index in [0.29, 0.717) is 18.4 Å². The minimum atomic E-state index is -1.79. The van der Waals surface area contributed by atoms with Gasteiger partial charge < -0.3 is 68.1 Å². The van der Waals surface area contributed by atoms with Crippen molar-refractivity contribution in [2.45, 2.75) is 87.7 Å². The lowest BCUT2D eigenvalue weighted by molar-refractivity contribution is -0.141. The maximum absolute atomic E-state index is 14.3. The van der Waals surface area contributed by atoms with Gasteiger partial charge in [0.25, 0.3) is 0 Å². The third-order valence-corrected chi connectivity index (χ3v) is 13.4. The van der Waals surface area contributed by atoms with E-state index in [-0.39, 0.29) is 43.3 Å². The van der Waals surface area contributed by atoms with Crippen molar-refractivity contribution in [1.82, 2.24) is 53.2 Å². The van der Waals surface area contributed by atoms with Crippen LogP contribution in [0.4, 0.5) is 0 Å². The molecule has 0 saturated carbocycles. The van der Waals surface area contributed by atoms with Crippen LogP contribution in [0, 0.1) is 0 Å². The molecule has 0 aromatic heterocycles. The first-order valence-electron chi connectivity index (χ1n) is 21.6. The lowest BCUT2D eigenvalue weighted by atomic mass is 10.0. The standard InChI is InChI=1S/C41H58N10O15S3/c1-3-4-10-23-35(59)44-17-31(53)45-25(14-33(55)56)38(62)51-29-20-69-68-19-28(40(64)47-23)50-39(63)26(15-34(57)58)46-32(54)21-67-18-27(36(60)43-16-30(52)42-11-12-66-2)49-37(61)24(48-41(29)65)13-22-8-6-5-7-9-22/h5-9,23-29H,3-4,10-21H2,1-2H3,(H,42,52)(H,43,60)(H,44,59)(H,45,53)(H,46,54)(H,47,64)(H,48,65)(H,49,61)(H,50,63)(H,51,62)(H,55,56)(H,57,58). The van der Waals surface area contributed by atoms with E-state index in [1.807, 2.05) is 6.92 Å². The molecule has 7 unspecified atom stereocenters. The van der Waals surface area contributed by atoms with Crippen molar-refractivity contribution in [3.05, 3.63) is 35.9 Å². The summed E-state index contributed by atoms with van der Waals surface area (Å²) in [6.07, 6.45) is -1.05. The topological polar surface area (TPSA) is 375 Å². The second-order valence-corrected chi connectivity index (χ2v) is 19.0. The molecule has 2 bridgehead atoms. The highest BCUT2D eigenvalue weighted by Crippen LogP contribution is 2.24. The predicted molar refractivity (Wildman–Crippen MR) is 251 cm³/mol. The Bertz CT molecular complexity index is 2020. The van der Waals surface area contributed by atoms with Gasteiger partial charge in [0, 0.05) is 37.3 Å². The van der Waals surface area contributed by atoms with Crippen LogP contribution < -0.4 is 53.2 Å². The molecule has 3 rings (SSSR count). The Morgan fingerprint density at radius 1 is 0.667 bits per heavy atom. The summed E-state index contributed by atoms with van der Waals surface area (Å²) in [5.41, 5.74) is 0.533. The van der Waals surface area contributed by atoms with Crippen LogP contribution in [0.25, 0.3) is 0 Å². The highest BCUT2D eigenvalue weighted by molar-refractivity contribution is 8.76. The van der Waals surface area contributed by atoms with Crippen molar-refractivity contribution in [3.63, 3.8) is 0 Å². The molecule has 2 aliphatic heterocycles. The summed E-state index contributed by atoms with van der Waals surface area (Å²) in [5, 5.41) is 43.7. The summed E-state index contributed by atoms with van der Waals surface area (Å²) >= 11 is 0.775. The van der Waals surface area contributed by atoms with E-state index in [2.05, 4.69) is 53.2 Å². The number of hydrogen-bond acceptors (Lipinski definition) is 16. The van der Waals surface area contributed by atoms with Crippen molar-refractivity contribution in [3.8, 4) is 0 Å². The zero-order chi connectivity index (χ0) is 50.9. The lowest BCUT2D eigenvalue weighted by Crippen LogP contribution is -2.60. The number of carboxylic acids is 2. The predicted octanol–water partition coefficient (Wildman–Crippen LogP) is -4.10. The summed E-state index contributed by atoms with van der Waals surface area (Å²) in [7, 11) is 3.18. The number of aliphatic carboxylic acids is 2.